The lowest BCUT2D eigenvalue weighted by atomic mass is 10.1. The van der Waals surface area contributed by atoms with Gasteiger partial charge in [0.2, 0.25) is 0 Å². The van der Waals surface area contributed by atoms with E-state index in [0.717, 1.165) is 0 Å². The summed E-state index contributed by atoms with van der Waals surface area (Å²) < 4.78 is 66.9. The molecule has 9 rings (SSSR count). The number of hydrogen-bond acceptors (Lipinski definition) is 19. The Kier molecular flexibility index (Phi) is 17.3. The monoisotopic (exact) mass is 1040 g/mol. The number of carbonyl (C=O) groups is 6. The molecule has 0 aliphatic carbocycles. The van der Waals surface area contributed by atoms with Gasteiger partial charge in [0.1, 0.15) is 43.7 Å². The summed E-state index contributed by atoms with van der Waals surface area (Å²) in [5.74, 6) is -5.09. The second-order valence-corrected chi connectivity index (χ2v) is 17.4. The van der Waals surface area contributed by atoms with E-state index in [1.807, 2.05) is 0 Å². The Balaban J connectivity index is 1.04. The number of aliphatic hydroxyl groups excluding tert-OH is 2. The number of carbonyl (C=O) groups excluding carboxylic acids is 6. The van der Waals surface area contributed by atoms with Gasteiger partial charge in [-0.2, -0.15) is 0 Å². The zero-order valence-electron chi connectivity index (χ0n) is 40.2. The minimum Gasteiger partial charge on any atom is -0.459 e. The van der Waals surface area contributed by atoms with Gasteiger partial charge in [-0.3, -0.25) is 0 Å². The third-order valence-electron chi connectivity index (χ3n) is 12.4. The molecule has 19 nitrogen and oxygen atoms in total. The number of aliphatic hydroxyl groups is 2. The predicted molar refractivity (Wildman–Crippen MR) is 261 cm³/mol. The van der Waals surface area contributed by atoms with E-state index in [0.29, 0.717) is 0 Å². The normalized spacial score (nSPS) is 25.7. The van der Waals surface area contributed by atoms with E-state index >= 15 is 0 Å². The van der Waals surface area contributed by atoms with Crippen molar-refractivity contribution in [3.8, 4) is 0 Å². The highest BCUT2D eigenvalue weighted by Crippen LogP contribution is 2.38. The fraction of sp³-hybridized carbons (Fsp3) is 0.263. The van der Waals surface area contributed by atoms with Crippen LogP contribution in [0.4, 0.5) is 0 Å². The lowest BCUT2D eigenvalue weighted by Gasteiger charge is -2.31. The summed E-state index contributed by atoms with van der Waals surface area (Å²) >= 11 is 0. The van der Waals surface area contributed by atoms with Gasteiger partial charge in [-0.05, 0) is 72.8 Å². The molecule has 0 bridgehead atoms. The molecule has 3 aliphatic heterocycles. The van der Waals surface area contributed by atoms with Crippen LogP contribution in [-0.4, -0.2) is 140 Å². The highest BCUT2D eigenvalue weighted by atomic mass is 16.8. The van der Waals surface area contributed by atoms with Crippen LogP contribution in [0.25, 0.3) is 0 Å². The van der Waals surface area contributed by atoms with Gasteiger partial charge in [0, 0.05) is 0 Å². The van der Waals surface area contributed by atoms with Crippen LogP contribution in [0.5, 0.6) is 0 Å². The molecule has 3 fully saturated rings. The van der Waals surface area contributed by atoms with Crippen molar-refractivity contribution >= 4 is 35.8 Å². The molecule has 19 heteroatoms. The molecule has 2 N–H and O–H groups in total. The molecule has 3 aliphatic rings. The van der Waals surface area contributed by atoms with E-state index in [-0.39, 0.29) is 33.4 Å². The Bertz CT molecular complexity index is 2900. The SMILES string of the molecule is O=C(OC[C@H]1O[C@H](O[C@H]2[C@H](O[C@H]3O[C@H](COC(=O)c4ccccc4)[C@@H](OC(=O)c4ccccc4)[C@@H]3OC(=O)c3ccccc3)[C@@H](CO)O[C@@H]2O)[C@@H](OC(=O)c2ccccc2)[C@@H]1OC(=O)c1ccccc1)c1ccccc1. The van der Waals surface area contributed by atoms with Gasteiger partial charge in [-0.1, -0.05) is 109 Å². The average Bonchev–Trinajstić information content (AvgIpc) is 4.07. The number of hydrogen-bond donors (Lipinski definition) is 2. The van der Waals surface area contributed by atoms with Crippen molar-refractivity contribution in [3.05, 3.63) is 215 Å². The largest absolute Gasteiger partial charge is 0.459 e. The van der Waals surface area contributed by atoms with E-state index in [4.69, 9.17) is 52.1 Å². The second kappa shape index (κ2) is 24.9. The van der Waals surface area contributed by atoms with Crippen LogP contribution in [-0.2, 0) is 52.1 Å². The molecule has 3 heterocycles. The van der Waals surface area contributed by atoms with Gasteiger partial charge in [0.05, 0.1) is 40.0 Å². The molecule has 12 atom stereocenters. The first kappa shape index (κ1) is 52.7. The first-order valence-corrected chi connectivity index (χ1v) is 24.1. The van der Waals surface area contributed by atoms with Gasteiger partial charge in [0.15, 0.2) is 43.3 Å². The fourth-order valence-electron chi connectivity index (χ4n) is 8.57. The van der Waals surface area contributed by atoms with Crippen LogP contribution < -0.4 is 0 Å². The zero-order chi connectivity index (χ0) is 53.0. The first-order valence-electron chi connectivity index (χ1n) is 24.1. The molecular formula is C57H50O19. The van der Waals surface area contributed by atoms with Crippen LogP contribution in [0, 0.1) is 0 Å². The predicted octanol–water partition coefficient (Wildman–Crippen LogP) is 5.53. The van der Waals surface area contributed by atoms with Gasteiger partial charge in [-0.15, -0.1) is 0 Å². The Labute approximate surface area is 434 Å². The number of esters is 6. The van der Waals surface area contributed by atoms with Crippen molar-refractivity contribution in [3.63, 3.8) is 0 Å². The number of benzene rings is 6. The highest BCUT2D eigenvalue weighted by Gasteiger charge is 2.58. The fourth-order valence-corrected chi connectivity index (χ4v) is 8.57. The average molecular weight is 1040 g/mol. The second-order valence-electron chi connectivity index (χ2n) is 17.4. The Hall–Kier alpha value is -8.14. The maximum atomic E-state index is 13.9. The first-order chi connectivity index (χ1) is 37.0. The summed E-state index contributed by atoms with van der Waals surface area (Å²) in [5.41, 5.74) is 0.773. The van der Waals surface area contributed by atoms with E-state index in [2.05, 4.69) is 0 Å². The summed E-state index contributed by atoms with van der Waals surface area (Å²) in [5, 5.41) is 22.4. The zero-order valence-corrected chi connectivity index (χ0v) is 40.2. The van der Waals surface area contributed by atoms with Gasteiger partial charge in [0.25, 0.3) is 0 Å². The number of rotatable bonds is 19. The molecule has 0 saturated carbocycles. The third kappa shape index (κ3) is 12.7. The lowest BCUT2D eigenvalue weighted by molar-refractivity contribution is -0.259. The van der Waals surface area contributed by atoms with Crippen LogP contribution >= 0.6 is 0 Å². The molecule has 0 amide bonds. The Morgan fingerprint density at radius 3 is 0.921 bits per heavy atom. The Morgan fingerprint density at radius 1 is 0.342 bits per heavy atom. The van der Waals surface area contributed by atoms with E-state index in [1.54, 1.807) is 109 Å². The van der Waals surface area contributed by atoms with Crippen LogP contribution in [0.3, 0.4) is 0 Å². The van der Waals surface area contributed by atoms with Crippen molar-refractivity contribution in [2.45, 2.75) is 73.8 Å². The summed E-state index contributed by atoms with van der Waals surface area (Å²) in [7, 11) is 0. The van der Waals surface area contributed by atoms with E-state index < -0.39 is 129 Å². The van der Waals surface area contributed by atoms with Crippen molar-refractivity contribution < 1.29 is 91.1 Å². The molecule has 3 saturated heterocycles. The maximum absolute atomic E-state index is 13.9. The molecule has 0 spiro atoms. The summed E-state index contributed by atoms with van der Waals surface area (Å²) in [6.07, 6.45) is -19.5. The molecule has 392 valence electrons. The smallest absolute Gasteiger partial charge is 0.338 e. The molecule has 6 aromatic rings. The van der Waals surface area contributed by atoms with Crippen molar-refractivity contribution in [2.75, 3.05) is 19.8 Å². The van der Waals surface area contributed by atoms with Crippen molar-refractivity contribution in [1.29, 1.82) is 0 Å². The van der Waals surface area contributed by atoms with Crippen molar-refractivity contribution in [1.82, 2.24) is 0 Å². The van der Waals surface area contributed by atoms with Crippen LogP contribution in [0.2, 0.25) is 0 Å². The lowest BCUT2D eigenvalue weighted by Crippen LogP contribution is -2.49. The van der Waals surface area contributed by atoms with Gasteiger partial charge < -0.3 is 62.3 Å². The topological polar surface area (TPSA) is 244 Å². The minimum absolute atomic E-state index is 0.0834. The molecule has 0 radical (unpaired) electrons. The van der Waals surface area contributed by atoms with Gasteiger partial charge in [-0.25, -0.2) is 28.8 Å². The van der Waals surface area contributed by atoms with Crippen molar-refractivity contribution in [2.24, 2.45) is 0 Å². The van der Waals surface area contributed by atoms with Gasteiger partial charge >= 0.3 is 35.8 Å². The minimum atomic E-state index is -1.95. The van der Waals surface area contributed by atoms with Crippen LogP contribution in [0.1, 0.15) is 62.1 Å². The van der Waals surface area contributed by atoms with E-state index in [1.165, 1.54) is 72.8 Å². The molecule has 76 heavy (non-hydrogen) atoms. The Morgan fingerprint density at radius 2 is 0.618 bits per heavy atom. The molecule has 6 aromatic carbocycles. The number of ether oxygens (including phenoxy) is 11. The molecule has 0 aromatic heterocycles. The summed E-state index contributed by atoms with van der Waals surface area (Å²) in [6, 6.07) is 47.5. The maximum Gasteiger partial charge on any atom is 0.338 e. The summed E-state index contributed by atoms with van der Waals surface area (Å²) in [6.45, 7) is -1.97. The third-order valence-corrected chi connectivity index (χ3v) is 12.4. The molecule has 0 unspecified atom stereocenters. The standard InChI is InChI=1S/C57H50O19/c58-31-40-43(75-56-47(73-53(63)38-27-15-5-16-28-38)44(71-51(61)36-23-11-3-12-24-36)41(69-56)32-66-49(59)34-19-7-1-8-20-34)46(55(65)68-40)76-57-48(74-54(64)39-29-17-6-18-30-39)45(72-52(62)37-25-13-4-14-26-37)42(70-57)33-67-50(60)35-21-9-2-10-22-35/h1-30,40-48,55-58,65H,31-33H2/t40-,41-,42-,43-,44-,45-,46+,47+,48+,55+,56-,57-/m1/s1. The quantitative estimate of drug-likeness (QED) is 0.0748. The van der Waals surface area contributed by atoms with Crippen LogP contribution in [0.15, 0.2) is 182 Å². The molecular weight excluding hydrogens is 989 g/mol. The summed E-state index contributed by atoms with van der Waals surface area (Å²) in [4.78, 5) is 82.0. The van der Waals surface area contributed by atoms with E-state index in [9.17, 15) is 39.0 Å². The highest BCUT2D eigenvalue weighted by molar-refractivity contribution is 5.92.